The van der Waals surface area contributed by atoms with Crippen molar-refractivity contribution in [3.05, 3.63) is 29.3 Å². The van der Waals surface area contributed by atoms with Crippen LogP contribution in [0.2, 0.25) is 0 Å². The van der Waals surface area contributed by atoms with Gasteiger partial charge in [-0.15, -0.1) is 0 Å². The van der Waals surface area contributed by atoms with E-state index < -0.39 is 11.6 Å². The van der Waals surface area contributed by atoms with Crippen LogP contribution in [0.1, 0.15) is 37.8 Å². The molecule has 0 saturated carbocycles. The summed E-state index contributed by atoms with van der Waals surface area (Å²) in [5.74, 6) is -0.252. The van der Waals surface area contributed by atoms with Gasteiger partial charge in [0.05, 0.1) is 0 Å². The zero-order valence-electron chi connectivity index (χ0n) is 10.3. The van der Waals surface area contributed by atoms with Gasteiger partial charge in [-0.2, -0.15) is 0 Å². The number of hydrogen-bond donors (Lipinski definition) is 1. The average Bonchev–Trinajstić information content (AvgIpc) is 2.75. The Labute approximate surface area is 101 Å². The topological polar surface area (TPSA) is 46.5 Å². The summed E-state index contributed by atoms with van der Waals surface area (Å²) >= 11 is 0. The first-order valence-electron chi connectivity index (χ1n) is 6.09. The number of ether oxygens (including phenoxy) is 1. The van der Waals surface area contributed by atoms with E-state index in [1.165, 1.54) is 17.5 Å². The summed E-state index contributed by atoms with van der Waals surface area (Å²) < 4.78 is 5.64. The standard InChI is InChI=1S/C14H18O3/c1-3-14(2,13(15)16)17-12-8-7-10-5-4-6-11(10)9-12/h7-9H,3-6H2,1-2H3,(H,15,16). The Bertz CT molecular complexity index is 439. The lowest BCUT2D eigenvalue weighted by molar-refractivity contribution is -0.154. The number of carbonyl (C=O) groups is 1. The maximum atomic E-state index is 11.2. The van der Waals surface area contributed by atoms with Crippen LogP contribution >= 0.6 is 0 Å². The van der Waals surface area contributed by atoms with Gasteiger partial charge in [0.25, 0.3) is 0 Å². The Balaban J connectivity index is 2.21. The van der Waals surface area contributed by atoms with Gasteiger partial charge in [0.1, 0.15) is 5.75 Å². The second-order valence-electron chi connectivity index (χ2n) is 4.78. The molecular formula is C14H18O3. The third-order valence-corrected chi connectivity index (χ3v) is 3.54. The van der Waals surface area contributed by atoms with Crippen LogP contribution in [0.4, 0.5) is 0 Å². The van der Waals surface area contributed by atoms with E-state index in [1.807, 2.05) is 19.1 Å². The van der Waals surface area contributed by atoms with Gasteiger partial charge >= 0.3 is 5.97 Å². The lowest BCUT2D eigenvalue weighted by atomic mass is 10.0. The van der Waals surface area contributed by atoms with Gasteiger partial charge in [-0.3, -0.25) is 0 Å². The van der Waals surface area contributed by atoms with Gasteiger partial charge < -0.3 is 9.84 Å². The van der Waals surface area contributed by atoms with Crippen LogP contribution in [0, 0.1) is 0 Å². The van der Waals surface area contributed by atoms with Crippen LogP contribution in [-0.2, 0) is 17.6 Å². The predicted octanol–water partition coefficient (Wildman–Crippen LogP) is 2.81. The summed E-state index contributed by atoms with van der Waals surface area (Å²) in [6, 6.07) is 5.91. The number of benzene rings is 1. The number of aliphatic carboxylic acids is 1. The maximum absolute atomic E-state index is 11.2. The van der Waals surface area contributed by atoms with Crippen molar-refractivity contribution in [3.8, 4) is 5.75 Å². The zero-order chi connectivity index (χ0) is 12.5. The molecule has 0 amide bonds. The molecule has 0 aromatic heterocycles. The van der Waals surface area contributed by atoms with Gasteiger partial charge in [-0.25, -0.2) is 4.79 Å². The van der Waals surface area contributed by atoms with E-state index in [1.54, 1.807) is 6.92 Å². The molecule has 1 aromatic rings. The quantitative estimate of drug-likeness (QED) is 0.871. The number of fused-ring (bicyclic) bond motifs is 1. The molecule has 1 unspecified atom stereocenters. The lowest BCUT2D eigenvalue weighted by Crippen LogP contribution is -2.40. The molecule has 0 radical (unpaired) electrons. The summed E-state index contributed by atoms with van der Waals surface area (Å²) in [6.07, 6.45) is 3.82. The van der Waals surface area contributed by atoms with Gasteiger partial charge in [-0.1, -0.05) is 13.0 Å². The highest BCUT2D eigenvalue weighted by molar-refractivity contribution is 5.77. The van der Waals surface area contributed by atoms with E-state index in [-0.39, 0.29) is 0 Å². The molecule has 1 aliphatic rings. The molecule has 0 spiro atoms. The van der Waals surface area contributed by atoms with Crippen LogP contribution < -0.4 is 4.74 Å². The molecule has 0 heterocycles. The van der Waals surface area contributed by atoms with Crippen molar-refractivity contribution in [3.63, 3.8) is 0 Å². The number of carboxylic acids is 1. The highest BCUT2D eigenvalue weighted by Gasteiger charge is 2.33. The fraction of sp³-hybridized carbons (Fsp3) is 0.500. The first-order valence-corrected chi connectivity index (χ1v) is 6.09. The molecule has 1 aromatic carbocycles. The van der Waals surface area contributed by atoms with Crippen LogP contribution in [-0.4, -0.2) is 16.7 Å². The van der Waals surface area contributed by atoms with Crippen molar-refractivity contribution < 1.29 is 14.6 Å². The summed E-state index contributed by atoms with van der Waals surface area (Å²) in [5, 5.41) is 9.16. The van der Waals surface area contributed by atoms with Crippen molar-refractivity contribution in [2.75, 3.05) is 0 Å². The van der Waals surface area contributed by atoms with Crippen molar-refractivity contribution in [1.82, 2.24) is 0 Å². The number of carboxylic acid groups (broad SMARTS) is 1. The normalized spacial score (nSPS) is 17.3. The molecule has 1 N–H and O–H groups in total. The third-order valence-electron chi connectivity index (χ3n) is 3.54. The average molecular weight is 234 g/mol. The highest BCUT2D eigenvalue weighted by Crippen LogP contribution is 2.28. The Morgan fingerprint density at radius 3 is 2.76 bits per heavy atom. The fourth-order valence-corrected chi connectivity index (χ4v) is 2.14. The summed E-state index contributed by atoms with van der Waals surface area (Å²) in [4.78, 5) is 11.2. The van der Waals surface area contributed by atoms with E-state index in [9.17, 15) is 4.79 Å². The summed E-state index contributed by atoms with van der Waals surface area (Å²) in [7, 11) is 0. The lowest BCUT2D eigenvalue weighted by Gasteiger charge is -2.25. The second-order valence-corrected chi connectivity index (χ2v) is 4.78. The van der Waals surface area contributed by atoms with Gasteiger partial charge in [-0.05, 0) is 55.9 Å². The highest BCUT2D eigenvalue weighted by atomic mass is 16.5. The summed E-state index contributed by atoms with van der Waals surface area (Å²) in [6.45, 7) is 3.43. The van der Waals surface area contributed by atoms with E-state index in [0.29, 0.717) is 12.2 Å². The summed E-state index contributed by atoms with van der Waals surface area (Å²) in [5.41, 5.74) is 1.53. The molecule has 0 bridgehead atoms. The zero-order valence-corrected chi connectivity index (χ0v) is 10.3. The van der Waals surface area contributed by atoms with E-state index in [4.69, 9.17) is 9.84 Å². The molecule has 2 rings (SSSR count). The second kappa shape index (κ2) is 4.40. The molecule has 3 heteroatoms. The Kier molecular flexibility index (Phi) is 3.09. The molecule has 92 valence electrons. The van der Waals surface area contributed by atoms with Gasteiger partial charge in [0, 0.05) is 0 Å². The van der Waals surface area contributed by atoms with Crippen molar-refractivity contribution in [1.29, 1.82) is 0 Å². The van der Waals surface area contributed by atoms with E-state index in [2.05, 4.69) is 6.07 Å². The Hall–Kier alpha value is -1.51. The molecule has 1 aliphatic carbocycles. The third kappa shape index (κ3) is 2.28. The van der Waals surface area contributed by atoms with Crippen LogP contribution in [0.25, 0.3) is 0 Å². The number of aryl methyl sites for hydroxylation is 2. The van der Waals surface area contributed by atoms with E-state index >= 15 is 0 Å². The van der Waals surface area contributed by atoms with E-state index in [0.717, 1.165) is 12.8 Å². The fourth-order valence-electron chi connectivity index (χ4n) is 2.14. The Morgan fingerprint density at radius 1 is 1.41 bits per heavy atom. The number of rotatable bonds is 4. The van der Waals surface area contributed by atoms with Crippen molar-refractivity contribution in [2.45, 2.75) is 45.1 Å². The smallest absolute Gasteiger partial charge is 0.347 e. The molecule has 0 aliphatic heterocycles. The number of hydrogen-bond acceptors (Lipinski definition) is 2. The molecule has 3 nitrogen and oxygen atoms in total. The maximum Gasteiger partial charge on any atom is 0.347 e. The van der Waals surface area contributed by atoms with Gasteiger partial charge in [0.2, 0.25) is 5.60 Å². The first-order chi connectivity index (χ1) is 8.05. The largest absolute Gasteiger partial charge is 0.478 e. The van der Waals surface area contributed by atoms with Crippen LogP contribution in [0.5, 0.6) is 5.75 Å². The molecule has 0 fully saturated rings. The van der Waals surface area contributed by atoms with Gasteiger partial charge in [0.15, 0.2) is 0 Å². The predicted molar refractivity (Wildman–Crippen MR) is 65.4 cm³/mol. The molecule has 17 heavy (non-hydrogen) atoms. The Morgan fingerprint density at radius 2 is 2.12 bits per heavy atom. The minimum absolute atomic E-state index is 0.444. The minimum atomic E-state index is -1.13. The van der Waals surface area contributed by atoms with Crippen LogP contribution in [0.15, 0.2) is 18.2 Å². The first kappa shape index (κ1) is 12.0. The van der Waals surface area contributed by atoms with Crippen molar-refractivity contribution in [2.24, 2.45) is 0 Å². The van der Waals surface area contributed by atoms with Crippen molar-refractivity contribution >= 4 is 5.97 Å². The molecule has 0 saturated heterocycles. The SMILES string of the molecule is CCC(C)(Oc1ccc2c(c1)CCC2)C(=O)O. The molecular weight excluding hydrogens is 216 g/mol. The monoisotopic (exact) mass is 234 g/mol. The minimum Gasteiger partial charge on any atom is -0.478 e. The van der Waals surface area contributed by atoms with Crippen LogP contribution in [0.3, 0.4) is 0 Å². The molecule has 1 atom stereocenters.